The number of rotatable bonds is 7. The Bertz CT molecular complexity index is 1370. The molecule has 1 aliphatic heterocycles. The van der Waals surface area contributed by atoms with Gasteiger partial charge in [0.15, 0.2) is 11.7 Å². The van der Waals surface area contributed by atoms with Crippen molar-refractivity contribution in [1.29, 1.82) is 0 Å². The van der Waals surface area contributed by atoms with Gasteiger partial charge in [0.25, 0.3) is 5.91 Å². The molecular formula is C23H22ClF3N4O6S. The van der Waals surface area contributed by atoms with Crippen molar-refractivity contribution in [2.75, 3.05) is 23.8 Å². The normalized spacial score (nSPS) is 16.9. The molecule has 3 aromatic rings. The Hall–Kier alpha value is -3.52. The fourth-order valence-electron chi connectivity index (χ4n) is 4.01. The molecule has 4 rings (SSSR count). The van der Waals surface area contributed by atoms with Gasteiger partial charge in [-0.2, -0.15) is 18.3 Å². The number of carbonyl (C=O) groups excluding carboxylic acids is 3. The van der Waals surface area contributed by atoms with Crippen molar-refractivity contribution < 1.29 is 41.4 Å². The van der Waals surface area contributed by atoms with Gasteiger partial charge in [0, 0.05) is 6.42 Å². The maximum absolute atomic E-state index is 14.0. The second kappa shape index (κ2) is 10.7. The monoisotopic (exact) mass is 574 g/mol. The van der Waals surface area contributed by atoms with Crippen LogP contribution in [0.1, 0.15) is 74.2 Å². The highest BCUT2D eigenvalue weighted by Gasteiger charge is 2.48. The van der Waals surface area contributed by atoms with E-state index in [0.717, 1.165) is 11.3 Å². The second-order valence-corrected chi connectivity index (χ2v) is 9.52. The fraction of sp³-hybridized carbons (Fsp3) is 0.391. The lowest BCUT2D eigenvalue weighted by Crippen LogP contribution is -2.35. The van der Waals surface area contributed by atoms with Gasteiger partial charge in [0.05, 0.1) is 31.1 Å². The molecule has 0 radical (unpaired) electrons. The lowest BCUT2D eigenvalue weighted by Gasteiger charge is -2.32. The molecule has 1 amide bonds. The van der Waals surface area contributed by atoms with Crippen LogP contribution in [-0.4, -0.2) is 47.0 Å². The summed E-state index contributed by atoms with van der Waals surface area (Å²) in [5.74, 6) is -2.46. The number of fused-ring (bicyclic) bond motifs is 1. The van der Waals surface area contributed by atoms with Crippen LogP contribution in [0.3, 0.4) is 0 Å². The maximum atomic E-state index is 14.0. The molecular weight excluding hydrogens is 553 g/mol. The van der Waals surface area contributed by atoms with Gasteiger partial charge in [-0.25, -0.2) is 14.3 Å². The van der Waals surface area contributed by atoms with E-state index in [-0.39, 0.29) is 50.8 Å². The molecule has 15 heteroatoms. The number of nitrogens with zero attached hydrogens (tertiary/aromatic N) is 2. The topological polar surface area (TPSA) is 125 Å². The van der Waals surface area contributed by atoms with Gasteiger partial charge in [-0.3, -0.25) is 4.79 Å². The van der Waals surface area contributed by atoms with Crippen LogP contribution in [0.2, 0.25) is 5.02 Å². The first-order chi connectivity index (χ1) is 18.0. The van der Waals surface area contributed by atoms with E-state index < -0.39 is 48.2 Å². The summed E-state index contributed by atoms with van der Waals surface area (Å²) in [6.07, 6.45) is -3.83. The van der Waals surface area contributed by atoms with Crippen molar-refractivity contribution in [1.82, 2.24) is 9.78 Å². The molecule has 0 aromatic carbocycles. The van der Waals surface area contributed by atoms with Crippen LogP contribution in [0.5, 0.6) is 0 Å². The predicted octanol–water partition coefficient (Wildman–Crippen LogP) is 5.77. The molecule has 2 unspecified atom stereocenters. The van der Waals surface area contributed by atoms with E-state index in [2.05, 4.69) is 15.7 Å². The molecule has 4 heterocycles. The number of furan rings is 1. The highest BCUT2D eigenvalue weighted by atomic mass is 35.5. The first-order valence-electron chi connectivity index (χ1n) is 11.4. The van der Waals surface area contributed by atoms with Crippen molar-refractivity contribution in [3.8, 4) is 0 Å². The van der Waals surface area contributed by atoms with Crippen LogP contribution in [0.25, 0.3) is 0 Å². The minimum absolute atomic E-state index is 0.0250. The van der Waals surface area contributed by atoms with E-state index in [1.165, 1.54) is 19.3 Å². The molecule has 204 valence electrons. The van der Waals surface area contributed by atoms with Crippen molar-refractivity contribution in [3.05, 3.63) is 50.9 Å². The van der Waals surface area contributed by atoms with Gasteiger partial charge in [-0.15, -0.1) is 11.3 Å². The van der Waals surface area contributed by atoms with Crippen molar-refractivity contribution in [2.24, 2.45) is 0 Å². The number of anilines is 2. The second-order valence-electron chi connectivity index (χ2n) is 8.12. The van der Waals surface area contributed by atoms with Crippen molar-refractivity contribution >= 4 is 51.6 Å². The van der Waals surface area contributed by atoms with E-state index in [1.54, 1.807) is 19.9 Å². The molecule has 10 nitrogen and oxygen atoms in total. The van der Waals surface area contributed by atoms with Crippen LogP contribution in [0, 0.1) is 6.92 Å². The smallest absolute Gasteiger partial charge is 0.410 e. The Labute approximate surface area is 223 Å². The summed E-state index contributed by atoms with van der Waals surface area (Å²) >= 11 is 7.12. The summed E-state index contributed by atoms with van der Waals surface area (Å²) in [7, 11) is 0. The number of halogens is 4. The summed E-state index contributed by atoms with van der Waals surface area (Å²) in [5.41, 5.74) is -0.378. The van der Waals surface area contributed by atoms with Crippen molar-refractivity contribution in [2.45, 2.75) is 45.5 Å². The summed E-state index contributed by atoms with van der Waals surface area (Å²) < 4.78 is 57.9. The zero-order chi connectivity index (χ0) is 27.8. The third-order valence-corrected chi connectivity index (χ3v) is 7.26. The summed E-state index contributed by atoms with van der Waals surface area (Å²) in [6, 6.07) is 0.0930. The molecule has 38 heavy (non-hydrogen) atoms. The van der Waals surface area contributed by atoms with Crippen molar-refractivity contribution in [3.63, 3.8) is 0 Å². The van der Waals surface area contributed by atoms with Crippen LogP contribution < -0.4 is 10.6 Å². The van der Waals surface area contributed by atoms with E-state index in [9.17, 15) is 27.6 Å². The number of amides is 1. The number of thiophene rings is 1. The van der Waals surface area contributed by atoms with Gasteiger partial charge in [-0.05, 0) is 38.5 Å². The van der Waals surface area contributed by atoms with Gasteiger partial charge >= 0.3 is 18.1 Å². The summed E-state index contributed by atoms with van der Waals surface area (Å²) in [6.45, 7) is 4.78. The zero-order valence-electron chi connectivity index (χ0n) is 20.3. The van der Waals surface area contributed by atoms with Gasteiger partial charge in [-0.1, -0.05) is 11.6 Å². The molecule has 0 bridgehead atoms. The minimum Gasteiger partial charge on any atom is -0.467 e. The third-order valence-electron chi connectivity index (χ3n) is 5.71. The third kappa shape index (κ3) is 5.10. The maximum Gasteiger partial charge on any atom is 0.410 e. The van der Waals surface area contributed by atoms with Crippen LogP contribution in [0.4, 0.5) is 24.0 Å². The lowest BCUT2D eigenvalue weighted by atomic mass is 10.0. The molecule has 0 saturated carbocycles. The summed E-state index contributed by atoms with van der Waals surface area (Å²) in [4.78, 5) is 38.3. The largest absolute Gasteiger partial charge is 0.467 e. The standard InChI is InChI=1S/C23H22ClF3N4O6S/c1-4-35-21(33)14-10(3)17(22(34)36-5-2)38-20(14)29-19(32)16-15(24)18-28-11(12-7-6-8-37-12)9-13(23(25,26)27)31(18)30-16/h6-8,11,13,28H,4-5,9H2,1-3H3,(H,29,32). The van der Waals surface area contributed by atoms with E-state index in [0.29, 0.717) is 4.68 Å². The van der Waals surface area contributed by atoms with Crippen LogP contribution in [0.15, 0.2) is 22.8 Å². The highest BCUT2D eigenvalue weighted by molar-refractivity contribution is 7.18. The average Bonchev–Trinajstić information content (AvgIpc) is 3.57. The molecule has 1 aliphatic rings. The van der Waals surface area contributed by atoms with Crippen LogP contribution >= 0.6 is 22.9 Å². The number of carbonyl (C=O) groups is 3. The molecule has 3 aromatic heterocycles. The molecule has 2 atom stereocenters. The quantitative estimate of drug-likeness (QED) is 0.341. The van der Waals surface area contributed by atoms with Gasteiger partial charge in [0.1, 0.15) is 26.5 Å². The number of alkyl halides is 3. The first kappa shape index (κ1) is 27.5. The number of esters is 2. The minimum atomic E-state index is -4.71. The molecule has 0 spiro atoms. The number of hydrogen-bond acceptors (Lipinski definition) is 9. The highest BCUT2D eigenvalue weighted by Crippen LogP contribution is 2.46. The zero-order valence-corrected chi connectivity index (χ0v) is 21.8. The average molecular weight is 575 g/mol. The van der Waals surface area contributed by atoms with Gasteiger partial charge < -0.3 is 24.5 Å². The Morgan fingerprint density at radius 1 is 1.26 bits per heavy atom. The molecule has 0 saturated heterocycles. The van der Waals surface area contributed by atoms with E-state index in [4.69, 9.17) is 25.5 Å². The lowest BCUT2D eigenvalue weighted by molar-refractivity contribution is -0.174. The fourth-order valence-corrected chi connectivity index (χ4v) is 5.36. The number of aromatic nitrogens is 2. The Morgan fingerprint density at radius 2 is 1.95 bits per heavy atom. The molecule has 0 aliphatic carbocycles. The molecule has 0 fully saturated rings. The number of ether oxygens (including phenoxy) is 2. The Balaban J connectivity index is 1.72. The van der Waals surface area contributed by atoms with Crippen LogP contribution in [-0.2, 0) is 9.47 Å². The van der Waals surface area contributed by atoms with Gasteiger partial charge in [0.2, 0.25) is 0 Å². The predicted molar refractivity (Wildman–Crippen MR) is 131 cm³/mol. The Kier molecular flexibility index (Phi) is 7.74. The number of hydrogen-bond donors (Lipinski definition) is 2. The number of nitrogens with one attached hydrogen (secondary N) is 2. The van der Waals surface area contributed by atoms with E-state index in [1.807, 2.05) is 0 Å². The molecule has 2 N–H and O–H groups in total. The first-order valence-corrected chi connectivity index (χ1v) is 12.6. The van der Waals surface area contributed by atoms with E-state index >= 15 is 0 Å². The Morgan fingerprint density at radius 3 is 2.55 bits per heavy atom. The SMILES string of the molecule is CCOC(=O)c1sc(NC(=O)c2nn3c(c2Cl)NC(c2ccco2)CC3C(F)(F)F)c(C(=O)OCC)c1C. The summed E-state index contributed by atoms with van der Waals surface area (Å²) in [5, 5.41) is 8.76.